The predicted octanol–water partition coefficient (Wildman–Crippen LogP) is 4.27. The molecule has 10 heteroatoms. The lowest BCUT2D eigenvalue weighted by Crippen LogP contribution is -2.22. The first kappa shape index (κ1) is 25.9. The standard InChI is InChI=1S/C23H26ClNO8/c1-5-30-23(29)21-20(14(3)26)15(4)33-22(21)25-18(27)12-32-19(28)7-6-10-31-17-9-8-16(24)11-13(17)2/h8-9,11H,5-7,10,12H2,1-4H3,(H,25,27). The Balaban J connectivity index is 1.85. The summed E-state index contributed by atoms with van der Waals surface area (Å²) in [5.74, 6) is -1.94. The van der Waals surface area contributed by atoms with Crippen molar-refractivity contribution >= 4 is 41.1 Å². The second-order valence-electron chi connectivity index (χ2n) is 7.08. The van der Waals surface area contributed by atoms with Crippen molar-refractivity contribution in [3.8, 4) is 5.75 Å². The zero-order valence-corrected chi connectivity index (χ0v) is 19.7. The molecule has 0 aliphatic rings. The lowest BCUT2D eigenvalue weighted by atomic mass is 10.1. The SMILES string of the molecule is CCOC(=O)c1c(NC(=O)COC(=O)CCCOc2ccc(Cl)cc2C)oc(C)c1C(C)=O. The highest BCUT2D eigenvalue weighted by Crippen LogP contribution is 2.28. The monoisotopic (exact) mass is 479 g/mol. The smallest absolute Gasteiger partial charge is 0.344 e. The van der Waals surface area contributed by atoms with Crippen LogP contribution in [0.5, 0.6) is 5.75 Å². The van der Waals surface area contributed by atoms with Crippen LogP contribution in [0.15, 0.2) is 22.6 Å². The number of furan rings is 1. The van der Waals surface area contributed by atoms with E-state index in [1.165, 1.54) is 13.8 Å². The van der Waals surface area contributed by atoms with Gasteiger partial charge in [0.25, 0.3) is 5.91 Å². The van der Waals surface area contributed by atoms with Gasteiger partial charge < -0.3 is 18.6 Å². The number of carbonyl (C=O) groups excluding carboxylic acids is 4. The minimum Gasteiger partial charge on any atom is -0.493 e. The van der Waals surface area contributed by atoms with Crippen LogP contribution in [-0.2, 0) is 19.1 Å². The van der Waals surface area contributed by atoms with Gasteiger partial charge in [-0.1, -0.05) is 11.6 Å². The molecule has 0 aliphatic carbocycles. The van der Waals surface area contributed by atoms with Crippen molar-refractivity contribution in [3.63, 3.8) is 0 Å². The topological polar surface area (TPSA) is 121 Å². The van der Waals surface area contributed by atoms with Gasteiger partial charge in [-0.3, -0.25) is 19.7 Å². The van der Waals surface area contributed by atoms with Crippen molar-refractivity contribution in [2.24, 2.45) is 0 Å². The van der Waals surface area contributed by atoms with E-state index in [9.17, 15) is 19.2 Å². The van der Waals surface area contributed by atoms with Gasteiger partial charge in [0.05, 0.1) is 18.8 Å². The summed E-state index contributed by atoms with van der Waals surface area (Å²) in [6, 6.07) is 5.24. The normalized spacial score (nSPS) is 10.5. The Kier molecular flexibility index (Phi) is 9.47. The van der Waals surface area contributed by atoms with Crippen LogP contribution < -0.4 is 10.1 Å². The quantitative estimate of drug-likeness (QED) is 0.288. The minimum atomic E-state index is -0.803. The molecule has 1 aromatic heterocycles. The Labute approximate surface area is 196 Å². The second kappa shape index (κ2) is 12.1. The van der Waals surface area contributed by atoms with Gasteiger partial charge in [0.15, 0.2) is 12.4 Å². The van der Waals surface area contributed by atoms with Crippen molar-refractivity contribution in [3.05, 3.63) is 45.7 Å². The Morgan fingerprint density at radius 1 is 1.09 bits per heavy atom. The third-order valence-electron chi connectivity index (χ3n) is 4.45. The highest BCUT2D eigenvalue weighted by Gasteiger charge is 2.28. The molecule has 0 aliphatic heterocycles. The Hall–Kier alpha value is -3.33. The van der Waals surface area contributed by atoms with Crippen LogP contribution in [0.1, 0.15) is 58.7 Å². The van der Waals surface area contributed by atoms with Gasteiger partial charge in [0.2, 0.25) is 5.88 Å². The molecule has 0 unspecified atom stereocenters. The molecule has 0 fully saturated rings. The molecule has 2 aromatic rings. The Morgan fingerprint density at radius 2 is 1.82 bits per heavy atom. The summed E-state index contributed by atoms with van der Waals surface area (Å²) < 4.78 is 20.9. The van der Waals surface area contributed by atoms with Crippen molar-refractivity contribution < 1.29 is 37.8 Å². The highest BCUT2D eigenvalue weighted by molar-refractivity contribution is 6.30. The summed E-state index contributed by atoms with van der Waals surface area (Å²) in [7, 11) is 0. The van der Waals surface area contributed by atoms with Crippen molar-refractivity contribution in [2.75, 3.05) is 25.1 Å². The number of aryl methyl sites for hydroxylation is 2. The van der Waals surface area contributed by atoms with E-state index < -0.39 is 30.2 Å². The highest BCUT2D eigenvalue weighted by atomic mass is 35.5. The summed E-state index contributed by atoms with van der Waals surface area (Å²) in [5, 5.41) is 2.96. The van der Waals surface area contributed by atoms with Crippen molar-refractivity contribution in [1.82, 2.24) is 0 Å². The average molecular weight is 480 g/mol. The van der Waals surface area contributed by atoms with Crippen LogP contribution in [0.3, 0.4) is 0 Å². The zero-order valence-electron chi connectivity index (χ0n) is 18.9. The molecule has 33 heavy (non-hydrogen) atoms. The Bertz CT molecular complexity index is 1040. The summed E-state index contributed by atoms with van der Waals surface area (Å²) >= 11 is 5.90. The lowest BCUT2D eigenvalue weighted by Gasteiger charge is -2.09. The maximum absolute atomic E-state index is 12.2. The van der Waals surface area contributed by atoms with E-state index in [1.54, 1.807) is 25.1 Å². The maximum atomic E-state index is 12.2. The van der Waals surface area contributed by atoms with E-state index in [0.29, 0.717) is 17.2 Å². The van der Waals surface area contributed by atoms with E-state index in [2.05, 4.69) is 5.32 Å². The van der Waals surface area contributed by atoms with Crippen molar-refractivity contribution in [1.29, 1.82) is 0 Å². The third kappa shape index (κ3) is 7.35. The van der Waals surface area contributed by atoms with Gasteiger partial charge in [-0.15, -0.1) is 0 Å². The number of halogens is 1. The molecule has 0 radical (unpaired) electrons. The number of carbonyl (C=O) groups is 4. The number of ketones is 1. The van der Waals surface area contributed by atoms with E-state index in [-0.39, 0.29) is 42.4 Å². The molecule has 1 heterocycles. The van der Waals surface area contributed by atoms with Crippen molar-refractivity contribution in [2.45, 2.75) is 40.5 Å². The number of rotatable bonds is 11. The van der Waals surface area contributed by atoms with Crippen LogP contribution in [-0.4, -0.2) is 43.4 Å². The van der Waals surface area contributed by atoms with Crippen LogP contribution in [0.4, 0.5) is 5.88 Å². The molecular formula is C23H26ClNO8. The number of esters is 2. The second-order valence-corrected chi connectivity index (χ2v) is 7.52. The van der Waals surface area contributed by atoms with Crippen LogP contribution in [0.25, 0.3) is 0 Å². The molecule has 0 saturated carbocycles. The molecule has 1 aromatic carbocycles. The largest absolute Gasteiger partial charge is 0.493 e. The van der Waals surface area contributed by atoms with Gasteiger partial charge in [-0.05, 0) is 57.9 Å². The zero-order chi connectivity index (χ0) is 24.5. The van der Waals surface area contributed by atoms with Crippen LogP contribution in [0.2, 0.25) is 5.02 Å². The number of anilines is 1. The van der Waals surface area contributed by atoms with Gasteiger partial charge in [-0.2, -0.15) is 0 Å². The molecule has 9 nitrogen and oxygen atoms in total. The predicted molar refractivity (Wildman–Crippen MR) is 120 cm³/mol. The summed E-state index contributed by atoms with van der Waals surface area (Å²) in [4.78, 5) is 48.3. The number of benzene rings is 1. The van der Waals surface area contributed by atoms with E-state index in [4.69, 9.17) is 30.2 Å². The fraction of sp³-hybridized carbons (Fsp3) is 0.391. The van der Waals surface area contributed by atoms with Gasteiger partial charge in [0, 0.05) is 11.4 Å². The van der Waals surface area contributed by atoms with E-state index >= 15 is 0 Å². The molecule has 2 rings (SSSR count). The molecular weight excluding hydrogens is 454 g/mol. The number of ether oxygens (including phenoxy) is 3. The molecule has 1 N–H and O–H groups in total. The first-order valence-electron chi connectivity index (χ1n) is 10.3. The third-order valence-corrected chi connectivity index (χ3v) is 4.69. The first-order chi connectivity index (χ1) is 15.6. The number of amides is 1. The molecule has 0 atom stereocenters. The first-order valence-corrected chi connectivity index (χ1v) is 10.7. The summed E-state index contributed by atoms with van der Waals surface area (Å²) in [6.45, 7) is 6.00. The molecule has 0 bridgehead atoms. The summed E-state index contributed by atoms with van der Waals surface area (Å²) in [6.07, 6.45) is 0.428. The fourth-order valence-corrected chi connectivity index (χ4v) is 3.24. The van der Waals surface area contributed by atoms with Gasteiger partial charge >= 0.3 is 11.9 Å². The van der Waals surface area contributed by atoms with Crippen LogP contribution >= 0.6 is 11.6 Å². The Morgan fingerprint density at radius 3 is 2.45 bits per heavy atom. The van der Waals surface area contributed by atoms with Crippen LogP contribution in [0, 0.1) is 13.8 Å². The van der Waals surface area contributed by atoms with Gasteiger partial charge in [0.1, 0.15) is 17.1 Å². The minimum absolute atomic E-state index is 0.0247. The lowest BCUT2D eigenvalue weighted by molar-refractivity contribution is -0.147. The molecule has 178 valence electrons. The number of hydrogen-bond acceptors (Lipinski definition) is 8. The number of Topliss-reactive ketones (excluding diaryl/α,β-unsaturated/α-hetero) is 1. The maximum Gasteiger partial charge on any atom is 0.344 e. The van der Waals surface area contributed by atoms with E-state index in [1.807, 2.05) is 6.92 Å². The van der Waals surface area contributed by atoms with E-state index in [0.717, 1.165) is 5.56 Å². The molecule has 0 saturated heterocycles. The van der Waals surface area contributed by atoms with Gasteiger partial charge in [-0.25, -0.2) is 4.79 Å². The summed E-state index contributed by atoms with van der Waals surface area (Å²) in [5.41, 5.74) is 0.734. The molecule has 1 amide bonds. The fourth-order valence-electron chi connectivity index (χ4n) is 3.01. The molecule has 0 spiro atoms. The number of hydrogen-bond donors (Lipinski definition) is 1. The average Bonchev–Trinajstić information content (AvgIpc) is 3.07. The number of nitrogens with one attached hydrogen (secondary N) is 1.